The van der Waals surface area contributed by atoms with Crippen molar-refractivity contribution in [3.8, 4) is 5.75 Å². The zero-order valence-corrected chi connectivity index (χ0v) is 15.1. The average molecular weight is 368 g/mol. The Morgan fingerprint density at radius 2 is 1.85 bits per heavy atom. The Morgan fingerprint density at radius 3 is 2.52 bits per heavy atom. The summed E-state index contributed by atoms with van der Waals surface area (Å²) in [5, 5.41) is 2.74. The molecule has 1 fully saturated rings. The number of methoxy groups -OCH3 is 2. The number of esters is 1. The molecule has 2 amide bonds. The van der Waals surface area contributed by atoms with E-state index in [1.165, 1.54) is 20.3 Å². The first kappa shape index (κ1) is 18.4. The SMILES string of the molecule is COC(=O)c1cc(OC)ccc1NC(=O)C1CC(=O)N(c2ccccc2)C1. The van der Waals surface area contributed by atoms with Gasteiger partial charge in [0.25, 0.3) is 0 Å². The minimum atomic E-state index is -0.586. The number of para-hydroxylation sites is 1. The van der Waals surface area contributed by atoms with Crippen molar-refractivity contribution < 1.29 is 23.9 Å². The van der Waals surface area contributed by atoms with E-state index in [9.17, 15) is 14.4 Å². The number of carbonyl (C=O) groups excluding carboxylic acids is 3. The number of amides is 2. The molecule has 1 unspecified atom stereocenters. The molecule has 0 radical (unpaired) electrons. The van der Waals surface area contributed by atoms with Gasteiger partial charge in [0, 0.05) is 18.7 Å². The molecule has 7 heteroatoms. The minimum Gasteiger partial charge on any atom is -0.497 e. The van der Waals surface area contributed by atoms with Gasteiger partial charge in [-0.1, -0.05) is 18.2 Å². The molecule has 0 aliphatic carbocycles. The van der Waals surface area contributed by atoms with E-state index in [1.54, 1.807) is 17.0 Å². The summed E-state index contributed by atoms with van der Waals surface area (Å²) < 4.78 is 9.88. The van der Waals surface area contributed by atoms with Crippen LogP contribution in [0.3, 0.4) is 0 Å². The van der Waals surface area contributed by atoms with Crippen LogP contribution in [0, 0.1) is 5.92 Å². The number of nitrogens with zero attached hydrogens (tertiary/aromatic N) is 1. The van der Waals surface area contributed by atoms with Crippen LogP contribution in [0.1, 0.15) is 16.8 Å². The average Bonchev–Trinajstić information content (AvgIpc) is 3.10. The number of hydrogen-bond acceptors (Lipinski definition) is 5. The number of benzene rings is 2. The van der Waals surface area contributed by atoms with Gasteiger partial charge in [-0.25, -0.2) is 4.79 Å². The predicted octanol–water partition coefficient (Wildman–Crippen LogP) is 2.47. The van der Waals surface area contributed by atoms with Gasteiger partial charge in [-0.2, -0.15) is 0 Å². The third-order valence-corrected chi connectivity index (χ3v) is 4.45. The fourth-order valence-corrected chi connectivity index (χ4v) is 3.01. The molecule has 0 saturated carbocycles. The van der Waals surface area contributed by atoms with E-state index in [0.717, 1.165) is 5.69 Å². The molecule has 1 atom stereocenters. The molecule has 0 spiro atoms. The van der Waals surface area contributed by atoms with Crippen LogP contribution in [0.25, 0.3) is 0 Å². The lowest BCUT2D eigenvalue weighted by Crippen LogP contribution is -2.28. The molecule has 2 aromatic rings. The van der Waals surface area contributed by atoms with Gasteiger partial charge < -0.3 is 19.7 Å². The first-order chi connectivity index (χ1) is 13.0. The maximum absolute atomic E-state index is 12.7. The van der Waals surface area contributed by atoms with Crippen LogP contribution in [0.5, 0.6) is 5.75 Å². The van der Waals surface area contributed by atoms with Gasteiger partial charge in [-0.3, -0.25) is 9.59 Å². The largest absolute Gasteiger partial charge is 0.497 e. The molecule has 27 heavy (non-hydrogen) atoms. The predicted molar refractivity (Wildman–Crippen MR) is 99.9 cm³/mol. The lowest BCUT2D eigenvalue weighted by molar-refractivity contribution is -0.122. The third kappa shape index (κ3) is 3.92. The molecular formula is C20H20N2O5. The summed E-state index contributed by atoms with van der Waals surface area (Å²) in [5.41, 5.74) is 1.27. The maximum atomic E-state index is 12.7. The van der Waals surface area contributed by atoms with Gasteiger partial charge in [0.2, 0.25) is 11.8 Å². The van der Waals surface area contributed by atoms with Gasteiger partial charge in [-0.05, 0) is 30.3 Å². The number of nitrogens with one attached hydrogen (secondary N) is 1. The van der Waals surface area contributed by atoms with Crippen molar-refractivity contribution in [2.24, 2.45) is 5.92 Å². The highest BCUT2D eigenvalue weighted by molar-refractivity contribution is 6.06. The van der Waals surface area contributed by atoms with E-state index in [0.29, 0.717) is 18.0 Å². The van der Waals surface area contributed by atoms with E-state index in [-0.39, 0.29) is 23.8 Å². The quantitative estimate of drug-likeness (QED) is 0.820. The number of anilines is 2. The van der Waals surface area contributed by atoms with Crippen LogP contribution < -0.4 is 15.0 Å². The second kappa shape index (κ2) is 7.90. The van der Waals surface area contributed by atoms with Crippen molar-refractivity contribution in [3.63, 3.8) is 0 Å². The van der Waals surface area contributed by atoms with Gasteiger partial charge in [0.05, 0.1) is 31.4 Å². The lowest BCUT2D eigenvalue weighted by atomic mass is 10.1. The Balaban J connectivity index is 1.76. The summed E-state index contributed by atoms with van der Waals surface area (Å²) in [6.07, 6.45) is 0.116. The minimum absolute atomic E-state index is 0.107. The summed E-state index contributed by atoms with van der Waals surface area (Å²) in [5.74, 6) is -1.05. The number of carbonyl (C=O) groups is 3. The number of hydrogen-bond donors (Lipinski definition) is 1. The second-order valence-corrected chi connectivity index (χ2v) is 6.13. The van der Waals surface area contributed by atoms with Crippen LogP contribution >= 0.6 is 0 Å². The third-order valence-electron chi connectivity index (χ3n) is 4.45. The topological polar surface area (TPSA) is 84.9 Å². The summed E-state index contributed by atoms with van der Waals surface area (Å²) in [6.45, 7) is 0.290. The highest BCUT2D eigenvalue weighted by atomic mass is 16.5. The Hall–Kier alpha value is -3.35. The molecule has 7 nitrogen and oxygen atoms in total. The van der Waals surface area contributed by atoms with Crippen molar-refractivity contribution in [1.29, 1.82) is 0 Å². The van der Waals surface area contributed by atoms with E-state index >= 15 is 0 Å². The van der Waals surface area contributed by atoms with Crippen molar-refractivity contribution in [1.82, 2.24) is 0 Å². The first-order valence-electron chi connectivity index (χ1n) is 8.46. The first-order valence-corrected chi connectivity index (χ1v) is 8.46. The molecule has 1 aliphatic heterocycles. The molecule has 0 aromatic heterocycles. The summed E-state index contributed by atoms with van der Waals surface area (Å²) in [7, 11) is 2.75. The fourth-order valence-electron chi connectivity index (χ4n) is 3.01. The summed E-state index contributed by atoms with van der Waals surface area (Å²) in [4.78, 5) is 38.6. The van der Waals surface area contributed by atoms with Crippen LogP contribution in [0.2, 0.25) is 0 Å². The Kier molecular flexibility index (Phi) is 5.40. The second-order valence-electron chi connectivity index (χ2n) is 6.13. The zero-order valence-electron chi connectivity index (χ0n) is 15.1. The molecule has 140 valence electrons. The van der Waals surface area contributed by atoms with E-state index in [4.69, 9.17) is 9.47 Å². The highest BCUT2D eigenvalue weighted by Crippen LogP contribution is 2.28. The zero-order chi connectivity index (χ0) is 19.4. The van der Waals surface area contributed by atoms with E-state index in [1.807, 2.05) is 30.3 Å². The van der Waals surface area contributed by atoms with Crippen molar-refractivity contribution >= 4 is 29.2 Å². The van der Waals surface area contributed by atoms with Gasteiger partial charge >= 0.3 is 5.97 Å². The molecule has 1 aliphatic rings. The van der Waals surface area contributed by atoms with Crippen molar-refractivity contribution in [2.75, 3.05) is 31.0 Å². The number of ether oxygens (including phenoxy) is 2. The van der Waals surface area contributed by atoms with Crippen LogP contribution in [-0.4, -0.2) is 38.5 Å². The highest BCUT2D eigenvalue weighted by Gasteiger charge is 2.35. The van der Waals surface area contributed by atoms with Crippen molar-refractivity contribution in [2.45, 2.75) is 6.42 Å². The number of rotatable bonds is 5. The van der Waals surface area contributed by atoms with Crippen LogP contribution in [0.4, 0.5) is 11.4 Å². The van der Waals surface area contributed by atoms with Crippen LogP contribution in [-0.2, 0) is 14.3 Å². The fraction of sp³-hybridized carbons (Fsp3) is 0.250. The summed E-state index contributed by atoms with van der Waals surface area (Å²) >= 11 is 0. The Labute approximate surface area is 156 Å². The normalized spacial score (nSPS) is 16.1. The Bertz CT molecular complexity index is 866. The molecule has 3 rings (SSSR count). The van der Waals surface area contributed by atoms with Crippen LogP contribution in [0.15, 0.2) is 48.5 Å². The molecule has 1 N–H and O–H groups in total. The molecule has 1 heterocycles. The standard InChI is InChI=1S/C20H20N2O5/c1-26-15-8-9-17(16(11-15)20(25)27-2)21-19(24)13-10-18(23)22(12-13)14-6-4-3-5-7-14/h3-9,11,13H,10,12H2,1-2H3,(H,21,24). The van der Waals surface area contributed by atoms with E-state index < -0.39 is 11.9 Å². The lowest BCUT2D eigenvalue weighted by Gasteiger charge is -2.17. The molecule has 0 bridgehead atoms. The monoisotopic (exact) mass is 368 g/mol. The van der Waals surface area contributed by atoms with Gasteiger partial charge in [0.1, 0.15) is 5.75 Å². The van der Waals surface area contributed by atoms with E-state index in [2.05, 4.69) is 5.32 Å². The smallest absolute Gasteiger partial charge is 0.340 e. The van der Waals surface area contributed by atoms with Gasteiger partial charge in [0.15, 0.2) is 0 Å². The van der Waals surface area contributed by atoms with Crippen molar-refractivity contribution in [3.05, 3.63) is 54.1 Å². The van der Waals surface area contributed by atoms with Gasteiger partial charge in [-0.15, -0.1) is 0 Å². The molecular weight excluding hydrogens is 348 g/mol. The molecule has 2 aromatic carbocycles. The maximum Gasteiger partial charge on any atom is 0.340 e. The summed E-state index contributed by atoms with van der Waals surface area (Å²) in [6, 6.07) is 13.9. The molecule has 1 saturated heterocycles. The Morgan fingerprint density at radius 1 is 1.11 bits per heavy atom.